The van der Waals surface area contributed by atoms with Crippen molar-refractivity contribution in [3.05, 3.63) is 0 Å². The van der Waals surface area contributed by atoms with E-state index in [0.29, 0.717) is 13.0 Å². The van der Waals surface area contributed by atoms with Crippen molar-refractivity contribution in [2.45, 2.75) is 17.4 Å². The second-order valence-electron chi connectivity index (χ2n) is 1.99. The van der Waals surface area contributed by atoms with Crippen LogP contribution in [-0.4, -0.2) is 28.6 Å². The number of aliphatic carboxylic acids is 1. The van der Waals surface area contributed by atoms with Crippen molar-refractivity contribution in [1.82, 2.24) is 0 Å². The summed E-state index contributed by atoms with van der Waals surface area (Å²) in [5.74, 6) is -0.864. The SMILES string of the molecule is O=C(O)[C@H]1C[C@H](Br)CO1. The molecule has 1 heterocycles. The number of ether oxygens (including phenoxy) is 1. The Kier molecular flexibility index (Phi) is 2.08. The lowest BCUT2D eigenvalue weighted by Crippen LogP contribution is -2.18. The van der Waals surface area contributed by atoms with Crippen LogP contribution in [0.3, 0.4) is 0 Å². The van der Waals surface area contributed by atoms with Gasteiger partial charge in [0.15, 0.2) is 6.10 Å². The fourth-order valence-electron chi connectivity index (χ4n) is 0.761. The highest BCUT2D eigenvalue weighted by molar-refractivity contribution is 9.09. The van der Waals surface area contributed by atoms with Gasteiger partial charge in [-0.2, -0.15) is 0 Å². The average Bonchev–Trinajstić information content (AvgIpc) is 2.14. The van der Waals surface area contributed by atoms with Crippen LogP contribution in [0.2, 0.25) is 0 Å². The number of alkyl halides is 1. The zero-order valence-corrected chi connectivity index (χ0v) is 6.30. The number of rotatable bonds is 1. The minimum absolute atomic E-state index is 0.221. The maximum absolute atomic E-state index is 10.2. The second kappa shape index (κ2) is 2.66. The molecule has 1 N–H and O–H groups in total. The molecule has 1 saturated heterocycles. The predicted octanol–water partition coefficient (Wildman–Crippen LogP) is 0.623. The standard InChI is InChI=1S/C5H7BrO3/c6-3-1-4(5(7)8)9-2-3/h3-4H,1-2H2,(H,7,8)/t3-,4+/m0/s1. The largest absolute Gasteiger partial charge is 0.479 e. The van der Waals surface area contributed by atoms with E-state index >= 15 is 0 Å². The lowest BCUT2D eigenvalue weighted by molar-refractivity contribution is -0.147. The van der Waals surface area contributed by atoms with Crippen LogP contribution < -0.4 is 0 Å². The molecule has 52 valence electrons. The van der Waals surface area contributed by atoms with Gasteiger partial charge in [-0.15, -0.1) is 0 Å². The number of hydrogen-bond donors (Lipinski definition) is 1. The molecule has 1 aliphatic rings. The lowest BCUT2D eigenvalue weighted by Gasteiger charge is -1.98. The van der Waals surface area contributed by atoms with E-state index in [4.69, 9.17) is 9.84 Å². The van der Waals surface area contributed by atoms with Gasteiger partial charge < -0.3 is 9.84 Å². The summed E-state index contributed by atoms with van der Waals surface area (Å²) in [4.78, 5) is 10.4. The van der Waals surface area contributed by atoms with Crippen LogP contribution in [-0.2, 0) is 9.53 Å². The van der Waals surface area contributed by atoms with Gasteiger partial charge in [0.1, 0.15) is 0 Å². The van der Waals surface area contributed by atoms with Crippen LogP contribution in [0.15, 0.2) is 0 Å². The lowest BCUT2D eigenvalue weighted by atomic mass is 10.2. The van der Waals surface area contributed by atoms with Crippen molar-refractivity contribution in [2.24, 2.45) is 0 Å². The molecule has 0 amide bonds. The first kappa shape index (κ1) is 7.02. The summed E-state index contributed by atoms with van der Waals surface area (Å²) < 4.78 is 4.88. The zero-order valence-electron chi connectivity index (χ0n) is 4.71. The third-order valence-corrected chi connectivity index (χ3v) is 1.86. The molecule has 3 nitrogen and oxygen atoms in total. The molecule has 4 heteroatoms. The van der Waals surface area contributed by atoms with Crippen LogP contribution >= 0.6 is 15.9 Å². The molecule has 0 radical (unpaired) electrons. The fourth-order valence-corrected chi connectivity index (χ4v) is 1.25. The highest BCUT2D eigenvalue weighted by atomic mass is 79.9. The van der Waals surface area contributed by atoms with E-state index in [-0.39, 0.29) is 4.83 Å². The Balaban J connectivity index is 2.39. The molecule has 1 aliphatic heterocycles. The van der Waals surface area contributed by atoms with Crippen molar-refractivity contribution in [1.29, 1.82) is 0 Å². The smallest absolute Gasteiger partial charge is 0.332 e. The molecule has 9 heavy (non-hydrogen) atoms. The highest BCUT2D eigenvalue weighted by Crippen LogP contribution is 2.19. The van der Waals surface area contributed by atoms with Crippen molar-refractivity contribution in [3.8, 4) is 0 Å². The van der Waals surface area contributed by atoms with Crippen LogP contribution in [0.4, 0.5) is 0 Å². The third-order valence-electron chi connectivity index (χ3n) is 1.22. The summed E-state index contributed by atoms with van der Waals surface area (Å²) in [6, 6.07) is 0. The normalized spacial score (nSPS) is 34.8. The van der Waals surface area contributed by atoms with Gasteiger partial charge in [0, 0.05) is 4.83 Å². The molecule has 0 bridgehead atoms. The molecular formula is C5H7BrO3. The maximum atomic E-state index is 10.2. The van der Waals surface area contributed by atoms with Gasteiger partial charge in [-0.25, -0.2) is 4.79 Å². The Hall–Kier alpha value is -0.0900. The van der Waals surface area contributed by atoms with Crippen LogP contribution in [0.5, 0.6) is 0 Å². The average molecular weight is 195 g/mol. The zero-order chi connectivity index (χ0) is 6.85. The number of hydrogen-bond acceptors (Lipinski definition) is 2. The Morgan fingerprint density at radius 2 is 2.44 bits per heavy atom. The van der Waals surface area contributed by atoms with E-state index in [1.54, 1.807) is 0 Å². The van der Waals surface area contributed by atoms with Crippen molar-refractivity contribution < 1.29 is 14.6 Å². The Labute approximate surface area is 61.1 Å². The van der Waals surface area contributed by atoms with E-state index in [9.17, 15) is 4.79 Å². The van der Waals surface area contributed by atoms with E-state index in [1.807, 2.05) is 0 Å². The van der Waals surface area contributed by atoms with E-state index in [0.717, 1.165) is 0 Å². The summed E-state index contributed by atoms with van der Waals surface area (Å²) in [6.07, 6.45) is -0.00984. The number of carboxylic acids is 1. The molecule has 0 spiro atoms. The monoisotopic (exact) mass is 194 g/mol. The minimum Gasteiger partial charge on any atom is -0.479 e. The van der Waals surface area contributed by atoms with Gasteiger partial charge in [0.25, 0.3) is 0 Å². The molecule has 0 aromatic heterocycles. The van der Waals surface area contributed by atoms with E-state index in [2.05, 4.69) is 15.9 Å². The fraction of sp³-hybridized carbons (Fsp3) is 0.800. The molecule has 0 saturated carbocycles. The van der Waals surface area contributed by atoms with Gasteiger partial charge in [-0.05, 0) is 6.42 Å². The highest BCUT2D eigenvalue weighted by Gasteiger charge is 2.28. The molecule has 0 aromatic rings. The first-order chi connectivity index (χ1) is 4.20. The molecule has 2 atom stereocenters. The van der Waals surface area contributed by atoms with Crippen LogP contribution in [0.25, 0.3) is 0 Å². The summed E-state index contributed by atoms with van der Waals surface area (Å²) in [5.41, 5.74) is 0. The first-order valence-corrected chi connectivity index (χ1v) is 3.60. The quantitative estimate of drug-likeness (QED) is 0.624. The minimum atomic E-state index is -0.864. The molecule has 1 fully saturated rings. The predicted molar refractivity (Wildman–Crippen MR) is 34.7 cm³/mol. The van der Waals surface area contributed by atoms with Gasteiger partial charge >= 0.3 is 5.97 Å². The van der Waals surface area contributed by atoms with Crippen molar-refractivity contribution in [3.63, 3.8) is 0 Å². The van der Waals surface area contributed by atoms with Crippen LogP contribution in [0.1, 0.15) is 6.42 Å². The Morgan fingerprint density at radius 3 is 2.67 bits per heavy atom. The van der Waals surface area contributed by atoms with Gasteiger partial charge in [-0.3, -0.25) is 0 Å². The van der Waals surface area contributed by atoms with Gasteiger partial charge in [-0.1, -0.05) is 15.9 Å². The molecular weight excluding hydrogens is 188 g/mol. The topological polar surface area (TPSA) is 46.5 Å². The summed E-state index contributed by atoms with van der Waals surface area (Å²) in [6.45, 7) is 0.511. The van der Waals surface area contributed by atoms with Gasteiger partial charge in [0.05, 0.1) is 6.61 Å². The number of carbonyl (C=O) groups is 1. The van der Waals surface area contributed by atoms with Crippen molar-refractivity contribution >= 4 is 21.9 Å². The molecule has 0 unspecified atom stereocenters. The van der Waals surface area contributed by atoms with Gasteiger partial charge in [0.2, 0.25) is 0 Å². The summed E-state index contributed by atoms with van der Waals surface area (Å²) in [7, 11) is 0. The van der Waals surface area contributed by atoms with E-state index in [1.165, 1.54) is 0 Å². The number of carboxylic acid groups (broad SMARTS) is 1. The molecule has 0 aliphatic carbocycles. The van der Waals surface area contributed by atoms with Crippen LogP contribution in [0, 0.1) is 0 Å². The molecule has 0 aromatic carbocycles. The second-order valence-corrected chi connectivity index (χ2v) is 3.29. The maximum Gasteiger partial charge on any atom is 0.332 e. The summed E-state index contributed by atoms with van der Waals surface area (Å²) >= 11 is 3.26. The third kappa shape index (κ3) is 1.66. The number of halogens is 1. The Bertz CT molecular complexity index is 125. The Morgan fingerprint density at radius 1 is 1.78 bits per heavy atom. The van der Waals surface area contributed by atoms with E-state index < -0.39 is 12.1 Å². The van der Waals surface area contributed by atoms with Crippen molar-refractivity contribution in [2.75, 3.05) is 6.61 Å². The molecule has 1 rings (SSSR count). The summed E-state index contributed by atoms with van der Waals surface area (Å²) in [5, 5.41) is 8.39. The first-order valence-electron chi connectivity index (χ1n) is 2.68.